The predicted octanol–water partition coefficient (Wildman–Crippen LogP) is 3.19. The van der Waals surface area contributed by atoms with Crippen molar-refractivity contribution in [3.8, 4) is 0 Å². The van der Waals surface area contributed by atoms with Crippen molar-refractivity contribution in [2.24, 2.45) is 0 Å². The van der Waals surface area contributed by atoms with Crippen molar-refractivity contribution in [1.29, 1.82) is 0 Å². The van der Waals surface area contributed by atoms with Gasteiger partial charge in [-0.3, -0.25) is 4.79 Å². The number of nitrogens with zero attached hydrogens (tertiary/aromatic N) is 1. The Labute approximate surface area is 156 Å². The summed E-state index contributed by atoms with van der Waals surface area (Å²) >= 11 is 0. The van der Waals surface area contributed by atoms with E-state index in [1.54, 1.807) is 23.1 Å². The van der Waals surface area contributed by atoms with Crippen molar-refractivity contribution >= 4 is 15.9 Å². The number of hydrogen-bond acceptors (Lipinski definition) is 3. The lowest BCUT2D eigenvalue weighted by Crippen LogP contribution is -2.39. The zero-order chi connectivity index (χ0) is 19.3. The van der Waals surface area contributed by atoms with E-state index in [2.05, 4.69) is 4.72 Å². The van der Waals surface area contributed by atoms with Crippen LogP contribution in [0, 0.1) is 13.8 Å². The average molecular weight is 375 g/mol. The summed E-state index contributed by atoms with van der Waals surface area (Å²) in [4.78, 5) is 13.9. The molecule has 0 spiro atoms. The monoisotopic (exact) mass is 374 g/mol. The third-order valence-corrected chi connectivity index (χ3v) is 6.05. The molecule has 1 atom stereocenters. The van der Waals surface area contributed by atoms with E-state index < -0.39 is 10.0 Å². The maximum atomic E-state index is 12.5. The lowest BCUT2D eigenvalue weighted by Gasteiger charge is -2.28. The molecule has 1 unspecified atom stereocenters. The SMILES string of the molecule is CC(=O)N(CCNS(=O)(=O)c1ccc(C)c(C)c1)C(C)c1ccccc1. The van der Waals surface area contributed by atoms with Gasteiger partial charge in [0.25, 0.3) is 0 Å². The molecule has 1 N–H and O–H groups in total. The molecule has 6 heteroatoms. The van der Waals surface area contributed by atoms with Crippen molar-refractivity contribution in [2.45, 2.75) is 38.6 Å². The Balaban J connectivity index is 2.05. The van der Waals surface area contributed by atoms with Gasteiger partial charge in [-0.2, -0.15) is 0 Å². The Morgan fingerprint density at radius 1 is 1.08 bits per heavy atom. The number of carbonyl (C=O) groups excluding carboxylic acids is 1. The molecule has 0 aliphatic heterocycles. The van der Waals surface area contributed by atoms with Crippen molar-refractivity contribution in [1.82, 2.24) is 9.62 Å². The number of benzene rings is 2. The number of rotatable bonds is 7. The van der Waals surface area contributed by atoms with Gasteiger partial charge in [0.05, 0.1) is 10.9 Å². The second kappa shape index (κ2) is 8.47. The molecule has 0 saturated heterocycles. The quantitative estimate of drug-likeness (QED) is 0.809. The molecular formula is C20H26N2O3S. The van der Waals surface area contributed by atoms with Gasteiger partial charge < -0.3 is 4.90 Å². The van der Waals surface area contributed by atoms with Gasteiger partial charge in [-0.25, -0.2) is 13.1 Å². The molecule has 2 aromatic rings. The molecule has 0 fully saturated rings. The highest BCUT2D eigenvalue weighted by atomic mass is 32.2. The second-order valence-electron chi connectivity index (χ2n) is 6.44. The van der Waals surface area contributed by atoms with Crippen LogP contribution in [0.15, 0.2) is 53.4 Å². The molecule has 0 bridgehead atoms. The molecule has 0 radical (unpaired) electrons. The molecule has 0 aliphatic rings. The zero-order valence-corrected chi connectivity index (χ0v) is 16.5. The first-order chi connectivity index (χ1) is 12.2. The largest absolute Gasteiger partial charge is 0.335 e. The van der Waals surface area contributed by atoms with Crippen LogP contribution in [-0.2, 0) is 14.8 Å². The molecule has 1 amide bonds. The Kier molecular flexibility index (Phi) is 6.56. The number of hydrogen-bond donors (Lipinski definition) is 1. The summed E-state index contributed by atoms with van der Waals surface area (Å²) in [7, 11) is -3.60. The molecule has 0 saturated carbocycles. The molecule has 140 valence electrons. The fourth-order valence-electron chi connectivity index (χ4n) is 2.80. The number of carbonyl (C=O) groups is 1. The summed E-state index contributed by atoms with van der Waals surface area (Å²) in [5, 5.41) is 0. The van der Waals surface area contributed by atoms with E-state index in [1.807, 2.05) is 51.1 Å². The summed E-state index contributed by atoms with van der Waals surface area (Å²) in [5.74, 6) is -0.0910. The average Bonchev–Trinajstić information content (AvgIpc) is 2.61. The molecule has 2 aromatic carbocycles. The van der Waals surface area contributed by atoms with Gasteiger partial charge in [0, 0.05) is 20.0 Å². The predicted molar refractivity (Wildman–Crippen MR) is 103 cm³/mol. The topological polar surface area (TPSA) is 66.5 Å². The van der Waals surface area contributed by atoms with Crippen LogP contribution in [0.4, 0.5) is 0 Å². The highest BCUT2D eigenvalue weighted by molar-refractivity contribution is 7.89. The lowest BCUT2D eigenvalue weighted by molar-refractivity contribution is -0.130. The standard InChI is InChI=1S/C20H26N2O3S/c1-15-10-11-20(14-16(15)2)26(24,25)21-12-13-22(18(4)23)17(3)19-8-6-5-7-9-19/h5-11,14,17,21H,12-13H2,1-4H3. The van der Waals surface area contributed by atoms with Gasteiger partial charge in [-0.1, -0.05) is 36.4 Å². The van der Waals surface area contributed by atoms with Gasteiger partial charge in [0.1, 0.15) is 0 Å². The van der Waals surface area contributed by atoms with Crippen LogP contribution in [0.1, 0.15) is 36.6 Å². The minimum absolute atomic E-state index is 0.0910. The first-order valence-electron chi connectivity index (χ1n) is 8.61. The molecule has 2 rings (SSSR count). The fraction of sp³-hybridized carbons (Fsp3) is 0.350. The molecule has 0 aromatic heterocycles. The Bertz CT molecular complexity index is 864. The Morgan fingerprint density at radius 2 is 1.73 bits per heavy atom. The Morgan fingerprint density at radius 3 is 2.31 bits per heavy atom. The Hall–Kier alpha value is -2.18. The molecular weight excluding hydrogens is 348 g/mol. The van der Waals surface area contributed by atoms with E-state index in [1.165, 1.54) is 6.92 Å². The van der Waals surface area contributed by atoms with Crippen molar-refractivity contribution in [3.63, 3.8) is 0 Å². The van der Waals surface area contributed by atoms with Gasteiger partial charge >= 0.3 is 0 Å². The second-order valence-corrected chi connectivity index (χ2v) is 8.21. The first-order valence-corrected chi connectivity index (χ1v) is 10.1. The van der Waals surface area contributed by atoms with Crippen molar-refractivity contribution < 1.29 is 13.2 Å². The van der Waals surface area contributed by atoms with Gasteiger partial charge in [-0.05, 0) is 49.6 Å². The maximum Gasteiger partial charge on any atom is 0.240 e. The summed E-state index contributed by atoms with van der Waals surface area (Å²) in [5.41, 5.74) is 2.99. The molecule has 5 nitrogen and oxygen atoms in total. The first kappa shape index (κ1) is 20.1. The van der Waals surface area contributed by atoms with Crippen LogP contribution in [-0.4, -0.2) is 32.3 Å². The zero-order valence-electron chi connectivity index (χ0n) is 15.7. The third-order valence-electron chi connectivity index (χ3n) is 4.59. The normalized spacial score (nSPS) is 12.6. The van der Waals surface area contributed by atoms with E-state index in [0.717, 1.165) is 16.7 Å². The maximum absolute atomic E-state index is 12.5. The summed E-state index contributed by atoms with van der Waals surface area (Å²) in [6, 6.07) is 14.6. The van der Waals surface area contributed by atoms with Crippen LogP contribution < -0.4 is 4.72 Å². The summed E-state index contributed by atoms with van der Waals surface area (Å²) in [6.45, 7) is 7.72. The van der Waals surface area contributed by atoms with Crippen LogP contribution >= 0.6 is 0 Å². The van der Waals surface area contributed by atoms with Crippen LogP contribution in [0.2, 0.25) is 0 Å². The van der Waals surface area contributed by atoms with Crippen LogP contribution in [0.25, 0.3) is 0 Å². The lowest BCUT2D eigenvalue weighted by atomic mass is 10.1. The number of sulfonamides is 1. The van der Waals surface area contributed by atoms with E-state index in [4.69, 9.17) is 0 Å². The summed E-state index contributed by atoms with van der Waals surface area (Å²) < 4.78 is 27.5. The van der Waals surface area contributed by atoms with Crippen LogP contribution in [0.5, 0.6) is 0 Å². The molecule has 0 heterocycles. The fourth-order valence-corrected chi connectivity index (χ4v) is 3.91. The third kappa shape index (κ3) is 4.93. The number of nitrogens with one attached hydrogen (secondary N) is 1. The highest BCUT2D eigenvalue weighted by Gasteiger charge is 2.20. The van der Waals surface area contributed by atoms with Gasteiger partial charge in [-0.15, -0.1) is 0 Å². The van der Waals surface area contributed by atoms with Gasteiger partial charge in [0.2, 0.25) is 15.9 Å². The summed E-state index contributed by atoms with van der Waals surface area (Å²) in [6.07, 6.45) is 0. The van der Waals surface area contributed by atoms with Gasteiger partial charge in [0.15, 0.2) is 0 Å². The molecule has 26 heavy (non-hydrogen) atoms. The highest BCUT2D eigenvalue weighted by Crippen LogP contribution is 2.20. The van der Waals surface area contributed by atoms with Crippen molar-refractivity contribution in [3.05, 3.63) is 65.2 Å². The van der Waals surface area contributed by atoms with E-state index in [0.29, 0.717) is 6.54 Å². The smallest absolute Gasteiger partial charge is 0.240 e. The van der Waals surface area contributed by atoms with E-state index >= 15 is 0 Å². The number of aryl methyl sites for hydroxylation is 2. The van der Waals surface area contributed by atoms with Crippen LogP contribution in [0.3, 0.4) is 0 Å². The van der Waals surface area contributed by atoms with Crippen molar-refractivity contribution in [2.75, 3.05) is 13.1 Å². The molecule has 0 aliphatic carbocycles. The minimum Gasteiger partial charge on any atom is -0.335 e. The minimum atomic E-state index is -3.60. The van der Waals surface area contributed by atoms with E-state index in [-0.39, 0.29) is 23.4 Å². The number of amides is 1. The van der Waals surface area contributed by atoms with E-state index in [9.17, 15) is 13.2 Å².